The molecule has 0 unspecified atom stereocenters. The molecule has 3 aromatic heterocycles. The monoisotopic (exact) mass is 604 g/mol. The van der Waals surface area contributed by atoms with Crippen LogP contribution in [0.5, 0.6) is 11.5 Å². The van der Waals surface area contributed by atoms with Crippen molar-refractivity contribution < 1.29 is 4.74 Å². The maximum absolute atomic E-state index is 6.70. The summed E-state index contributed by atoms with van der Waals surface area (Å²) in [5, 5.41) is 7.40. The summed E-state index contributed by atoms with van der Waals surface area (Å²) in [6.07, 6.45) is 1.88. The van der Waals surface area contributed by atoms with Gasteiger partial charge >= 0.3 is 0 Å². The van der Waals surface area contributed by atoms with Crippen LogP contribution in [0.1, 0.15) is 67.6 Å². The van der Waals surface area contributed by atoms with E-state index < -0.39 is 0 Å². The van der Waals surface area contributed by atoms with Gasteiger partial charge in [0.15, 0.2) is 0 Å². The van der Waals surface area contributed by atoms with Crippen LogP contribution >= 0.6 is 0 Å². The molecule has 5 heteroatoms. The van der Waals surface area contributed by atoms with Crippen molar-refractivity contribution in [1.82, 2.24) is 19.3 Å². The molecule has 0 saturated carbocycles. The molecule has 4 aromatic carbocycles. The Balaban J connectivity index is 1.35. The quantitative estimate of drug-likeness (QED) is 0.182. The smallest absolute Gasteiger partial charge is 0.137 e. The van der Waals surface area contributed by atoms with Crippen molar-refractivity contribution in [3.8, 4) is 34.1 Å². The summed E-state index contributed by atoms with van der Waals surface area (Å²) in [6.45, 7) is 15.2. The van der Waals surface area contributed by atoms with Crippen molar-refractivity contribution in [2.75, 3.05) is 0 Å². The molecule has 0 aliphatic rings. The maximum Gasteiger partial charge on any atom is 0.137 e. The summed E-state index contributed by atoms with van der Waals surface area (Å²) < 4.78 is 11.0. The number of rotatable bonds is 7. The molecule has 0 N–H and O–H groups in total. The Kier molecular flexibility index (Phi) is 7.48. The first-order chi connectivity index (χ1) is 22.2. The average Bonchev–Trinajstić information content (AvgIpc) is 3.53. The van der Waals surface area contributed by atoms with Gasteiger partial charge in [0.25, 0.3) is 0 Å². The maximum atomic E-state index is 6.70. The van der Waals surface area contributed by atoms with Crippen molar-refractivity contribution in [3.05, 3.63) is 131 Å². The molecule has 0 spiro atoms. The standard InChI is InChI=1S/C41H40N4O/c1-25(2)31-13-16-38-37(22-31)36-15-14-34(24-39(36)44(38)40-19-27(5)17-18-42-40)46-35-21-32(26(3)4)20-33(23-35)45-29(7)41(28(6)43-45)30-11-9-8-10-12-30/h8-26H,1-7H3. The van der Waals surface area contributed by atoms with E-state index in [9.17, 15) is 0 Å². The second-order valence-corrected chi connectivity index (χ2v) is 13.0. The minimum atomic E-state index is 0.320. The van der Waals surface area contributed by atoms with E-state index in [4.69, 9.17) is 14.8 Å². The number of fused-ring (bicyclic) bond motifs is 3. The molecule has 230 valence electrons. The van der Waals surface area contributed by atoms with Gasteiger partial charge in [0.05, 0.1) is 22.4 Å². The molecule has 0 radical (unpaired) electrons. The van der Waals surface area contributed by atoms with Crippen LogP contribution in [0.4, 0.5) is 0 Å². The zero-order valence-corrected chi connectivity index (χ0v) is 27.7. The highest BCUT2D eigenvalue weighted by molar-refractivity contribution is 6.09. The first kappa shape index (κ1) is 29.5. The molecule has 0 atom stereocenters. The molecule has 46 heavy (non-hydrogen) atoms. The first-order valence-electron chi connectivity index (χ1n) is 16.1. The zero-order valence-electron chi connectivity index (χ0n) is 27.7. The molecule has 0 amide bonds. The summed E-state index contributed by atoms with van der Waals surface area (Å²) in [4.78, 5) is 4.78. The Labute approximate surface area is 271 Å². The lowest BCUT2D eigenvalue weighted by Gasteiger charge is -2.15. The van der Waals surface area contributed by atoms with E-state index in [1.807, 2.05) is 23.0 Å². The lowest BCUT2D eigenvalue weighted by atomic mass is 10.0. The Hall–Kier alpha value is -5.16. The van der Waals surface area contributed by atoms with E-state index in [2.05, 4.69) is 138 Å². The molecule has 7 aromatic rings. The fourth-order valence-corrected chi connectivity index (χ4v) is 6.50. The van der Waals surface area contributed by atoms with Gasteiger partial charge in [-0.3, -0.25) is 4.57 Å². The number of benzene rings is 4. The van der Waals surface area contributed by atoms with E-state index >= 15 is 0 Å². The molecule has 0 aliphatic heterocycles. The van der Waals surface area contributed by atoms with E-state index in [0.29, 0.717) is 11.8 Å². The van der Waals surface area contributed by atoms with Crippen LogP contribution in [-0.2, 0) is 0 Å². The van der Waals surface area contributed by atoms with Crippen LogP contribution in [0.2, 0.25) is 0 Å². The molecule has 0 saturated heterocycles. The van der Waals surface area contributed by atoms with Gasteiger partial charge in [0.1, 0.15) is 17.3 Å². The number of pyridine rings is 1. The third-order valence-corrected chi connectivity index (χ3v) is 8.97. The molecule has 3 heterocycles. The number of ether oxygens (including phenoxy) is 1. The van der Waals surface area contributed by atoms with Crippen LogP contribution in [0, 0.1) is 20.8 Å². The number of hydrogen-bond donors (Lipinski definition) is 0. The van der Waals surface area contributed by atoms with E-state index in [-0.39, 0.29) is 0 Å². The Bertz CT molecular complexity index is 2220. The van der Waals surface area contributed by atoms with Crippen molar-refractivity contribution in [1.29, 1.82) is 0 Å². The van der Waals surface area contributed by atoms with E-state index in [1.54, 1.807) is 0 Å². The SMILES string of the molecule is Cc1ccnc(-n2c3ccc(C(C)C)cc3c3ccc(Oc4cc(C(C)C)cc(-n5nc(C)c(-c6ccccc6)c5C)c4)cc32)c1. The summed E-state index contributed by atoms with van der Waals surface area (Å²) in [5.41, 5.74) is 11.3. The topological polar surface area (TPSA) is 44.9 Å². The predicted octanol–water partition coefficient (Wildman–Crippen LogP) is 11.0. The van der Waals surface area contributed by atoms with Crippen LogP contribution in [0.3, 0.4) is 0 Å². The van der Waals surface area contributed by atoms with Gasteiger partial charge in [0.2, 0.25) is 0 Å². The molecule has 5 nitrogen and oxygen atoms in total. The van der Waals surface area contributed by atoms with Crippen LogP contribution in [-0.4, -0.2) is 19.3 Å². The van der Waals surface area contributed by atoms with Crippen LogP contribution < -0.4 is 4.74 Å². The van der Waals surface area contributed by atoms with Gasteiger partial charge in [-0.1, -0.05) is 64.1 Å². The number of aromatic nitrogens is 4. The van der Waals surface area contributed by atoms with Gasteiger partial charge in [-0.2, -0.15) is 5.10 Å². The second-order valence-electron chi connectivity index (χ2n) is 13.0. The van der Waals surface area contributed by atoms with Gasteiger partial charge in [-0.15, -0.1) is 0 Å². The number of aryl methyl sites for hydroxylation is 2. The first-order valence-corrected chi connectivity index (χ1v) is 16.1. The molecule has 7 rings (SSSR count). The third-order valence-electron chi connectivity index (χ3n) is 8.97. The lowest BCUT2D eigenvalue weighted by Crippen LogP contribution is -2.02. The Morgan fingerprint density at radius 1 is 0.652 bits per heavy atom. The highest BCUT2D eigenvalue weighted by Gasteiger charge is 2.18. The summed E-state index contributed by atoms with van der Waals surface area (Å²) in [5.74, 6) is 3.22. The van der Waals surface area contributed by atoms with Crippen molar-refractivity contribution in [2.24, 2.45) is 0 Å². The van der Waals surface area contributed by atoms with Crippen LogP contribution in [0.15, 0.2) is 103 Å². The Morgan fingerprint density at radius 2 is 1.43 bits per heavy atom. The molecule has 0 fully saturated rings. The fourth-order valence-electron chi connectivity index (χ4n) is 6.50. The summed E-state index contributed by atoms with van der Waals surface area (Å²) in [7, 11) is 0. The Morgan fingerprint density at radius 3 is 2.17 bits per heavy atom. The molecular formula is C41H40N4O. The van der Waals surface area contributed by atoms with Gasteiger partial charge < -0.3 is 4.74 Å². The largest absolute Gasteiger partial charge is 0.457 e. The van der Waals surface area contributed by atoms with Crippen molar-refractivity contribution in [2.45, 2.75) is 60.3 Å². The molecular weight excluding hydrogens is 564 g/mol. The minimum Gasteiger partial charge on any atom is -0.457 e. The van der Waals surface area contributed by atoms with Crippen LogP contribution in [0.25, 0.3) is 44.4 Å². The number of hydrogen-bond acceptors (Lipinski definition) is 3. The summed E-state index contributed by atoms with van der Waals surface area (Å²) >= 11 is 0. The van der Waals surface area contributed by atoms with E-state index in [0.717, 1.165) is 45.4 Å². The molecule has 0 bridgehead atoms. The normalized spacial score (nSPS) is 11.8. The molecule has 0 aliphatic carbocycles. The van der Waals surface area contributed by atoms with Gasteiger partial charge in [-0.05, 0) is 103 Å². The lowest BCUT2D eigenvalue weighted by molar-refractivity contribution is 0.481. The average molecular weight is 605 g/mol. The third kappa shape index (κ3) is 5.26. The fraction of sp³-hybridized carbons (Fsp3) is 0.220. The minimum absolute atomic E-state index is 0.320. The van der Waals surface area contributed by atoms with E-state index in [1.165, 1.54) is 38.6 Å². The van der Waals surface area contributed by atoms with Crippen molar-refractivity contribution in [3.63, 3.8) is 0 Å². The highest BCUT2D eigenvalue weighted by Crippen LogP contribution is 2.38. The van der Waals surface area contributed by atoms with Crippen molar-refractivity contribution >= 4 is 21.8 Å². The summed E-state index contributed by atoms with van der Waals surface area (Å²) in [6, 6.07) is 34.3. The van der Waals surface area contributed by atoms with Gasteiger partial charge in [-0.25, -0.2) is 9.67 Å². The second kappa shape index (κ2) is 11.6. The number of nitrogens with zero attached hydrogens (tertiary/aromatic N) is 4. The zero-order chi connectivity index (χ0) is 32.1. The predicted molar refractivity (Wildman–Crippen MR) is 190 cm³/mol. The van der Waals surface area contributed by atoms with Gasteiger partial charge in [0, 0.05) is 40.4 Å². The highest BCUT2D eigenvalue weighted by atomic mass is 16.5.